The number of para-hydroxylation sites is 4. The van der Waals surface area contributed by atoms with Gasteiger partial charge in [0.15, 0.2) is 0 Å². The lowest BCUT2D eigenvalue weighted by atomic mass is 10.0. The van der Waals surface area contributed by atoms with Crippen LogP contribution in [-0.4, -0.2) is 108 Å². The number of hydrogen-bond donors (Lipinski definition) is 2. The summed E-state index contributed by atoms with van der Waals surface area (Å²) in [6.07, 6.45) is 1.27. The molecule has 1 atom stereocenters. The Bertz CT molecular complexity index is 3130. The minimum atomic E-state index is -4.06. The summed E-state index contributed by atoms with van der Waals surface area (Å²) in [7, 11) is -4.06. The first kappa shape index (κ1) is 50.0. The number of amides is 2. The normalized spacial score (nSPS) is 15.1. The maximum atomic E-state index is 13.5. The maximum absolute atomic E-state index is 13.5. The van der Waals surface area contributed by atoms with E-state index in [0.29, 0.717) is 75.9 Å². The van der Waals surface area contributed by atoms with Crippen molar-refractivity contribution < 1.29 is 37.8 Å². The average Bonchev–Trinajstić information content (AvgIpc) is 3.85. The van der Waals surface area contributed by atoms with Crippen molar-refractivity contribution in [2.24, 2.45) is 0 Å². The highest BCUT2D eigenvalue weighted by molar-refractivity contribution is 7.90. The zero-order valence-corrected chi connectivity index (χ0v) is 40.4. The Kier molecular flexibility index (Phi) is 15.9. The van der Waals surface area contributed by atoms with Gasteiger partial charge in [-0.1, -0.05) is 103 Å². The molecule has 2 aromatic heterocycles. The van der Waals surface area contributed by atoms with E-state index in [0.717, 1.165) is 28.1 Å². The Morgan fingerprint density at radius 3 is 1.59 bits per heavy atom. The third-order valence-electron chi connectivity index (χ3n) is 13.4. The van der Waals surface area contributed by atoms with Gasteiger partial charge in [0.1, 0.15) is 6.61 Å². The standard InChI is InChI=1S/C34H40N4O5.C19H19N3O5S/c1-26(36(23-27-11-4-2-5-12-27)24-28-13-6-3-7-14-28)25-43-34(42)35-21-18-29(19-22-35)38-31-16-9-8-15-30(31)37(33(38)41)20-10-17-32(39)40;23-18-21(14-10-12-20(13-11-14)19(24)25)16-8-4-5-9-17(16)22(18)28(26,27)15-6-2-1-3-7-15/h2-9,11-16,26,29H,10,17-25H2,1H3,(H,39,40);1-9,14H,10-13H2,(H,24,25)/t26-;/m0./s1. The SMILES string of the molecule is C[C@@H](COC(=O)N1CCC(n2c(=O)n(CCCC(=O)O)c3ccccc32)CC1)N(Cc1ccccc1)Cc1ccccc1.O=C(O)N1CCC(n2c(=O)n(S(=O)(=O)c3ccccc3)c3ccccc32)CC1. The van der Waals surface area contributed by atoms with Crippen LogP contribution < -0.4 is 11.4 Å². The number of benzene rings is 5. The van der Waals surface area contributed by atoms with Gasteiger partial charge < -0.3 is 24.7 Å². The monoisotopic (exact) mass is 985 g/mol. The molecule has 2 aliphatic heterocycles. The van der Waals surface area contributed by atoms with E-state index >= 15 is 0 Å². The largest absolute Gasteiger partial charge is 0.481 e. The van der Waals surface area contributed by atoms with Crippen LogP contribution in [0.1, 0.15) is 68.7 Å². The Morgan fingerprint density at radius 2 is 1.07 bits per heavy atom. The zero-order chi connectivity index (χ0) is 50.1. The second-order valence-corrected chi connectivity index (χ2v) is 19.8. The third kappa shape index (κ3) is 11.4. The topological polar surface area (TPSA) is 199 Å². The van der Waals surface area contributed by atoms with Crippen molar-refractivity contribution in [2.45, 2.75) is 88.1 Å². The van der Waals surface area contributed by atoms with Crippen LogP contribution in [-0.2, 0) is 39.2 Å². The third-order valence-corrected chi connectivity index (χ3v) is 15.1. The number of aryl methyl sites for hydroxylation is 1. The molecule has 0 spiro atoms. The van der Waals surface area contributed by atoms with Gasteiger partial charge in [-0.25, -0.2) is 27.6 Å². The highest BCUT2D eigenvalue weighted by atomic mass is 32.2. The summed E-state index contributed by atoms with van der Waals surface area (Å²) in [6.45, 7) is 5.83. The Morgan fingerprint density at radius 1 is 0.620 bits per heavy atom. The molecule has 372 valence electrons. The number of carboxylic acid groups (broad SMARTS) is 2. The molecule has 0 saturated carbocycles. The second kappa shape index (κ2) is 22.5. The van der Waals surface area contributed by atoms with Gasteiger partial charge in [0, 0.05) is 70.4 Å². The summed E-state index contributed by atoms with van der Waals surface area (Å²) in [5, 5.41) is 18.2. The number of carbonyl (C=O) groups is 3. The number of fused-ring (bicyclic) bond motifs is 2. The molecule has 2 saturated heterocycles. The lowest BCUT2D eigenvalue weighted by Gasteiger charge is -2.33. The molecule has 2 amide bonds. The summed E-state index contributed by atoms with van der Waals surface area (Å²) in [5.41, 5.74) is 4.16. The van der Waals surface area contributed by atoms with Crippen molar-refractivity contribution in [3.8, 4) is 0 Å². The zero-order valence-electron chi connectivity index (χ0n) is 39.6. The number of ether oxygens (including phenoxy) is 1. The molecule has 2 aliphatic rings. The Hall–Kier alpha value is -7.44. The van der Waals surface area contributed by atoms with Crippen LogP contribution in [0.2, 0.25) is 0 Å². The highest BCUT2D eigenvalue weighted by Crippen LogP contribution is 2.29. The van der Waals surface area contributed by atoms with Crippen molar-refractivity contribution in [2.75, 3.05) is 32.8 Å². The Labute approximate surface area is 411 Å². The molecule has 9 rings (SSSR count). The number of imidazole rings is 2. The van der Waals surface area contributed by atoms with E-state index in [1.54, 1.807) is 51.9 Å². The number of hydrogen-bond acceptors (Lipinski definition) is 9. The van der Waals surface area contributed by atoms with E-state index < -0.39 is 27.8 Å². The average molecular weight is 986 g/mol. The molecule has 0 aliphatic carbocycles. The molecule has 0 unspecified atom stereocenters. The number of likely N-dealkylation sites (tertiary alicyclic amines) is 2. The van der Waals surface area contributed by atoms with Crippen LogP contribution in [0, 0.1) is 0 Å². The number of nitrogens with zero attached hydrogens (tertiary/aromatic N) is 7. The van der Waals surface area contributed by atoms with Gasteiger partial charge in [0.2, 0.25) is 0 Å². The molecule has 5 aromatic carbocycles. The van der Waals surface area contributed by atoms with Crippen LogP contribution in [0.3, 0.4) is 0 Å². The molecule has 7 aromatic rings. The highest BCUT2D eigenvalue weighted by Gasteiger charge is 2.32. The van der Waals surface area contributed by atoms with Crippen LogP contribution >= 0.6 is 0 Å². The molecular formula is C53H59N7O10S. The van der Waals surface area contributed by atoms with Gasteiger partial charge in [0.25, 0.3) is 10.0 Å². The molecule has 17 nitrogen and oxygen atoms in total. The number of rotatable bonds is 15. The minimum absolute atomic E-state index is 0.00716. The second-order valence-electron chi connectivity index (χ2n) is 18.0. The molecule has 4 heterocycles. The van der Waals surface area contributed by atoms with E-state index in [1.165, 1.54) is 32.7 Å². The molecule has 71 heavy (non-hydrogen) atoms. The smallest absolute Gasteiger partial charge is 0.409 e. The van der Waals surface area contributed by atoms with Crippen molar-refractivity contribution in [3.63, 3.8) is 0 Å². The Balaban J connectivity index is 0.000000208. The predicted octanol–water partition coefficient (Wildman–Crippen LogP) is 7.89. The first-order valence-electron chi connectivity index (χ1n) is 24.0. The van der Waals surface area contributed by atoms with E-state index in [4.69, 9.17) is 14.9 Å². The van der Waals surface area contributed by atoms with Crippen molar-refractivity contribution in [1.29, 1.82) is 0 Å². The lowest BCUT2D eigenvalue weighted by Crippen LogP contribution is -2.43. The van der Waals surface area contributed by atoms with E-state index in [1.807, 2.05) is 65.2 Å². The molecule has 0 bridgehead atoms. The van der Waals surface area contributed by atoms with Gasteiger partial charge in [0.05, 0.1) is 27.0 Å². The molecular weight excluding hydrogens is 927 g/mol. The van der Waals surface area contributed by atoms with Crippen LogP contribution in [0.5, 0.6) is 0 Å². The molecule has 18 heteroatoms. The maximum Gasteiger partial charge on any atom is 0.409 e. The van der Waals surface area contributed by atoms with E-state index in [2.05, 4.69) is 36.1 Å². The van der Waals surface area contributed by atoms with E-state index in [9.17, 15) is 32.4 Å². The first-order chi connectivity index (χ1) is 34.3. The fraction of sp³-hybridized carbons (Fsp3) is 0.340. The predicted molar refractivity (Wildman–Crippen MR) is 269 cm³/mol. The fourth-order valence-corrected chi connectivity index (χ4v) is 11.0. The summed E-state index contributed by atoms with van der Waals surface area (Å²) < 4.78 is 38.0. The van der Waals surface area contributed by atoms with Gasteiger partial charge in [-0.3, -0.25) is 23.4 Å². The summed E-state index contributed by atoms with van der Waals surface area (Å²) >= 11 is 0. The van der Waals surface area contributed by atoms with Crippen LogP contribution in [0.15, 0.2) is 154 Å². The quantitative estimate of drug-likeness (QED) is 0.101. The molecule has 2 fully saturated rings. The first-order valence-corrected chi connectivity index (χ1v) is 25.4. The lowest BCUT2D eigenvalue weighted by molar-refractivity contribution is -0.137. The van der Waals surface area contributed by atoms with Crippen molar-refractivity contribution in [3.05, 3.63) is 172 Å². The van der Waals surface area contributed by atoms with Crippen LogP contribution in [0.4, 0.5) is 9.59 Å². The van der Waals surface area contributed by atoms with Gasteiger partial charge in [-0.05, 0) is 86.6 Å². The summed E-state index contributed by atoms with van der Waals surface area (Å²) in [6, 6.07) is 42.6. The fourth-order valence-electron chi connectivity index (χ4n) is 9.63. The number of aliphatic carboxylic acids is 1. The molecule has 2 N–H and O–H groups in total. The summed E-state index contributed by atoms with van der Waals surface area (Å²) in [4.78, 5) is 67.4. The minimum Gasteiger partial charge on any atom is -0.481 e. The number of piperidine rings is 2. The van der Waals surface area contributed by atoms with E-state index in [-0.39, 0.29) is 47.8 Å². The summed E-state index contributed by atoms with van der Waals surface area (Å²) in [5.74, 6) is -0.870. The van der Waals surface area contributed by atoms with Crippen LogP contribution in [0.25, 0.3) is 22.1 Å². The van der Waals surface area contributed by atoms with Gasteiger partial charge in [-0.2, -0.15) is 3.97 Å². The number of aromatic nitrogens is 4. The van der Waals surface area contributed by atoms with Gasteiger partial charge in [-0.15, -0.1) is 0 Å². The molecule has 0 radical (unpaired) electrons. The van der Waals surface area contributed by atoms with Crippen molar-refractivity contribution in [1.82, 2.24) is 32.4 Å². The number of carboxylic acids is 1. The number of carbonyl (C=O) groups excluding carboxylic acids is 1. The van der Waals surface area contributed by atoms with Gasteiger partial charge >= 0.3 is 29.5 Å². The van der Waals surface area contributed by atoms with Crippen molar-refractivity contribution >= 4 is 50.2 Å².